The van der Waals surface area contributed by atoms with Crippen molar-refractivity contribution < 1.29 is 5.11 Å². The molecule has 150 valence electrons. The Labute approximate surface area is 178 Å². The predicted octanol–water partition coefficient (Wildman–Crippen LogP) is 4.06. The molecule has 0 amide bonds. The standard InChI is InChI=1S/C21H24N4O.2ClH/c1-24(18-5-3-2-4-6-18)19-9-7-16(8-10-19)21-22-11-12-25(21)20-13-17(15-26)23-14-20;;/h2-12,17,20,23,26H,13-15H2,1H3;2*1H/t17-,20-;;/m0../s1. The summed E-state index contributed by atoms with van der Waals surface area (Å²) in [5, 5.41) is 12.7. The van der Waals surface area contributed by atoms with Crippen LogP contribution in [-0.4, -0.2) is 40.9 Å². The van der Waals surface area contributed by atoms with E-state index in [2.05, 4.69) is 63.2 Å². The Morgan fingerprint density at radius 3 is 2.39 bits per heavy atom. The maximum atomic E-state index is 9.35. The lowest BCUT2D eigenvalue weighted by Gasteiger charge is -2.20. The lowest BCUT2D eigenvalue weighted by molar-refractivity contribution is 0.253. The predicted molar refractivity (Wildman–Crippen MR) is 119 cm³/mol. The summed E-state index contributed by atoms with van der Waals surface area (Å²) >= 11 is 0. The highest BCUT2D eigenvalue weighted by Crippen LogP contribution is 2.29. The number of aliphatic hydroxyl groups is 1. The average Bonchev–Trinajstić information content (AvgIpc) is 3.37. The third kappa shape index (κ3) is 4.50. The van der Waals surface area contributed by atoms with E-state index in [1.165, 1.54) is 0 Å². The summed E-state index contributed by atoms with van der Waals surface area (Å²) in [6, 6.07) is 19.3. The average molecular weight is 421 g/mol. The molecule has 1 aliphatic rings. The van der Waals surface area contributed by atoms with Gasteiger partial charge in [0, 0.05) is 55.0 Å². The first-order valence-electron chi connectivity index (χ1n) is 9.02. The van der Waals surface area contributed by atoms with Gasteiger partial charge in [-0.2, -0.15) is 0 Å². The van der Waals surface area contributed by atoms with E-state index >= 15 is 0 Å². The van der Waals surface area contributed by atoms with Crippen molar-refractivity contribution in [3.8, 4) is 11.4 Å². The molecule has 2 N–H and O–H groups in total. The number of halogens is 2. The third-order valence-corrected chi connectivity index (χ3v) is 5.14. The zero-order valence-corrected chi connectivity index (χ0v) is 17.4. The van der Waals surface area contributed by atoms with Crippen molar-refractivity contribution in [1.82, 2.24) is 14.9 Å². The van der Waals surface area contributed by atoms with Gasteiger partial charge in [0.15, 0.2) is 0 Å². The topological polar surface area (TPSA) is 53.3 Å². The summed E-state index contributed by atoms with van der Waals surface area (Å²) in [7, 11) is 2.07. The highest BCUT2D eigenvalue weighted by molar-refractivity contribution is 5.85. The second-order valence-corrected chi connectivity index (χ2v) is 6.78. The van der Waals surface area contributed by atoms with Crippen LogP contribution in [0.4, 0.5) is 11.4 Å². The molecule has 1 aliphatic heterocycles. The molecular formula is C21H26Cl2N4O. The first-order chi connectivity index (χ1) is 12.8. The van der Waals surface area contributed by atoms with Gasteiger partial charge in [0.2, 0.25) is 0 Å². The zero-order chi connectivity index (χ0) is 17.9. The second-order valence-electron chi connectivity index (χ2n) is 6.78. The van der Waals surface area contributed by atoms with Crippen LogP contribution in [0.2, 0.25) is 0 Å². The van der Waals surface area contributed by atoms with E-state index < -0.39 is 0 Å². The van der Waals surface area contributed by atoms with Crippen LogP contribution in [0.1, 0.15) is 12.5 Å². The number of rotatable bonds is 5. The van der Waals surface area contributed by atoms with Gasteiger partial charge in [-0.3, -0.25) is 0 Å². The molecule has 0 radical (unpaired) electrons. The van der Waals surface area contributed by atoms with Gasteiger partial charge in [-0.1, -0.05) is 18.2 Å². The number of nitrogens with one attached hydrogen (secondary N) is 1. The molecule has 0 spiro atoms. The molecule has 1 saturated heterocycles. The van der Waals surface area contributed by atoms with Crippen LogP contribution in [-0.2, 0) is 0 Å². The number of hydrogen-bond donors (Lipinski definition) is 2. The van der Waals surface area contributed by atoms with Gasteiger partial charge in [0.25, 0.3) is 0 Å². The minimum Gasteiger partial charge on any atom is -0.395 e. The number of para-hydroxylation sites is 1. The Morgan fingerprint density at radius 2 is 1.75 bits per heavy atom. The number of nitrogens with zero attached hydrogens (tertiary/aromatic N) is 3. The molecule has 0 bridgehead atoms. The molecule has 28 heavy (non-hydrogen) atoms. The largest absolute Gasteiger partial charge is 0.395 e. The number of imidazole rings is 1. The smallest absolute Gasteiger partial charge is 0.140 e. The van der Waals surface area contributed by atoms with Gasteiger partial charge in [-0.25, -0.2) is 4.98 Å². The number of aliphatic hydroxyl groups excluding tert-OH is 1. The highest BCUT2D eigenvalue weighted by Gasteiger charge is 2.26. The number of aromatic nitrogens is 2. The monoisotopic (exact) mass is 420 g/mol. The Bertz CT molecular complexity index is 854. The quantitative estimate of drug-likeness (QED) is 0.653. The van der Waals surface area contributed by atoms with E-state index in [0.717, 1.165) is 35.7 Å². The van der Waals surface area contributed by atoms with E-state index in [-0.39, 0.29) is 37.5 Å². The Balaban J connectivity index is 0.00000140. The van der Waals surface area contributed by atoms with Gasteiger partial charge in [0.1, 0.15) is 5.82 Å². The Kier molecular flexibility index (Phi) is 7.89. The van der Waals surface area contributed by atoms with E-state index in [4.69, 9.17) is 0 Å². The molecule has 2 heterocycles. The summed E-state index contributed by atoms with van der Waals surface area (Å²) < 4.78 is 2.22. The van der Waals surface area contributed by atoms with E-state index in [1.54, 1.807) is 0 Å². The summed E-state index contributed by atoms with van der Waals surface area (Å²) in [4.78, 5) is 6.74. The molecular weight excluding hydrogens is 395 g/mol. The van der Waals surface area contributed by atoms with Crippen molar-refractivity contribution in [3.63, 3.8) is 0 Å². The van der Waals surface area contributed by atoms with Crippen LogP contribution >= 0.6 is 24.8 Å². The van der Waals surface area contributed by atoms with Crippen LogP contribution in [0.3, 0.4) is 0 Å². The maximum Gasteiger partial charge on any atom is 0.140 e. The molecule has 2 aromatic carbocycles. The summed E-state index contributed by atoms with van der Waals surface area (Å²) in [6.45, 7) is 1.05. The van der Waals surface area contributed by atoms with Crippen LogP contribution in [0.15, 0.2) is 67.0 Å². The van der Waals surface area contributed by atoms with Crippen molar-refractivity contribution in [2.24, 2.45) is 0 Å². The van der Waals surface area contributed by atoms with Gasteiger partial charge >= 0.3 is 0 Å². The SMILES string of the molecule is CN(c1ccccc1)c1ccc(-c2nccn2[C@@H]2CN[C@H](CO)C2)cc1.Cl.Cl. The van der Waals surface area contributed by atoms with Gasteiger partial charge in [-0.15, -0.1) is 24.8 Å². The van der Waals surface area contributed by atoms with E-state index in [1.807, 2.05) is 30.6 Å². The van der Waals surface area contributed by atoms with Gasteiger partial charge in [-0.05, 0) is 42.8 Å². The van der Waals surface area contributed by atoms with E-state index in [0.29, 0.717) is 6.04 Å². The lowest BCUT2D eigenvalue weighted by atomic mass is 10.1. The molecule has 4 rings (SSSR count). The van der Waals surface area contributed by atoms with Crippen molar-refractivity contribution in [1.29, 1.82) is 0 Å². The molecule has 0 aliphatic carbocycles. The normalized spacial score (nSPS) is 18.2. The number of anilines is 2. The van der Waals surface area contributed by atoms with Crippen molar-refractivity contribution >= 4 is 36.2 Å². The molecule has 7 heteroatoms. The van der Waals surface area contributed by atoms with Crippen molar-refractivity contribution in [2.45, 2.75) is 18.5 Å². The van der Waals surface area contributed by atoms with Crippen LogP contribution < -0.4 is 10.2 Å². The molecule has 0 saturated carbocycles. The Morgan fingerprint density at radius 1 is 1.07 bits per heavy atom. The second kappa shape index (κ2) is 9.94. The minimum atomic E-state index is 0. The Hall–Kier alpha value is -2.05. The molecule has 1 fully saturated rings. The molecule has 0 unspecified atom stereocenters. The highest BCUT2D eigenvalue weighted by atomic mass is 35.5. The fourth-order valence-corrected chi connectivity index (χ4v) is 3.61. The van der Waals surface area contributed by atoms with Crippen LogP contribution in [0.25, 0.3) is 11.4 Å². The first kappa shape index (κ1) is 22.2. The first-order valence-corrected chi connectivity index (χ1v) is 9.02. The maximum absolute atomic E-state index is 9.35. The molecule has 1 aromatic heterocycles. The molecule has 5 nitrogen and oxygen atoms in total. The zero-order valence-electron chi connectivity index (χ0n) is 15.7. The third-order valence-electron chi connectivity index (χ3n) is 5.14. The number of benzene rings is 2. The summed E-state index contributed by atoms with van der Waals surface area (Å²) in [5.74, 6) is 0.976. The van der Waals surface area contributed by atoms with Gasteiger partial charge in [0.05, 0.1) is 6.61 Å². The summed E-state index contributed by atoms with van der Waals surface area (Å²) in [6.07, 6.45) is 4.81. The molecule has 3 aromatic rings. The lowest BCUT2D eigenvalue weighted by Crippen LogP contribution is -2.24. The molecule has 2 atom stereocenters. The number of hydrogen-bond acceptors (Lipinski definition) is 4. The fourth-order valence-electron chi connectivity index (χ4n) is 3.61. The van der Waals surface area contributed by atoms with Crippen LogP contribution in [0, 0.1) is 0 Å². The van der Waals surface area contributed by atoms with E-state index in [9.17, 15) is 5.11 Å². The van der Waals surface area contributed by atoms with Crippen molar-refractivity contribution in [2.75, 3.05) is 25.1 Å². The van der Waals surface area contributed by atoms with Crippen molar-refractivity contribution in [3.05, 3.63) is 67.0 Å². The summed E-state index contributed by atoms with van der Waals surface area (Å²) in [5.41, 5.74) is 3.41. The minimum absolute atomic E-state index is 0. The van der Waals surface area contributed by atoms with Crippen LogP contribution in [0.5, 0.6) is 0 Å². The van der Waals surface area contributed by atoms with Gasteiger partial charge < -0.3 is 19.9 Å². The fraction of sp³-hybridized carbons (Fsp3) is 0.286.